The fourth-order valence-corrected chi connectivity index (χ4v) is 4.17. The third kappa shape index (κ3) is 24.1. The number of carbonyl (C=O) groups excluding carboxylic acids is 3. The summed E-state index contributed by atoms with van der Waals surface area (Å²) in [5.41, 5.74) is -0.958. The number of allylic oxidation sites excluding steroid dienone is 10. The first kappa shape index (κ1) is 39.4. The van der Waals surface area contributed by atoms with Gasteiger partial charge in [-0.05, 0) is 50.2 Å². The van der Waals surface area contributed by atoms with Crippen molar-refractivity contribution in [2.75, 3.05) is 25.4 Å². The van der Waals surface area contributed by atoms with Crippen LogP contribution in [-0.4, -0.2) is 59.7 Å². The van der Waals surface area contributed by atoms with Crippen LogP contribution in [0.15, 0.2) is 60.8 Å². The summed E-state index contributed by atoms with van der Waals surface area (Å²) >= 11 is 1.77. The minimum atomic E-state index is -1.36. The van der Waals surface area contributed by atoms with E-state index < -0.39 is 17.4 Å². The predicted octanol–water partition coefficient (Wildman–Crippen LogP) is 6.60. The number of ether oxygens (including phenoxy) is 1. The lowest BCUT2D eigenvalue weighted by Gasteiger charge is -2.29. The van der Waals surface area contributed by atoms with E-state index in [1.165, 1.54) is 0 Å². The van der Waals surface area contributed by atoms with E-state index in [1.54, 1.807) is 25.6 Å². The number of unbranched alkanes of at least 4 members (excludes halogenated alkanes) is 1. The molecule has 0 rings (SSSR count). The average Bonchev–Trinajstić information content (AvgIpc) is 2.95. The molecular weight excluding hydrogens is 548 g/mol. The molecule has 0 radical (unpaired) electrons. The van der Waals surface area contributed by atoms with Crippen molar-refractivity contribution in [1.29, 1.82) is 0 Å². The number of thioether (sulfide) groups is 1. The normalized spacial score (nSPS) is 13.3. The average molecular weight is 605 g/mol. The number of esters is 1. The van der Waals surface area contributed by atoms with E-state index >= 15 is 0 Å². The van der Waals surface area contributed by atoms with Gasteiger partial charge in [0.15, 0.2) is 0 Å². The fraction of sp³-hybridized carbons (Fsp3) is 0.618. The molecule has 0 aliphatic heterocycles. The van der Waals surface area contributed by atoms with Gasteiger partial charge in [0, 0.05) is 37.1 Å². The maximum Gasteiger partial charge on any atom is 0.305 e. The van der Waals surface area contributed by atoms with Crippen LogP contribution in [-0.2, 0) is 19.1 Å². The number of rotatable bonds is 24. The molecule has 0 bridgehead atoms. The van der Waals surface area contributed by atoms with Crippen LogP contribution in [0.3, 0.4) is 0 Å². The Hall–Kier alpha value is -2.58. The Morgan fingerprint density at radius 3 is 1.90 bits per heavy atom. The van der Waals surface area contributed by atoms with E-state index in [4.69, 9.17) is 4.74 Å². The molecule has 2 amide bonds. The summed E-state index contributed by atoms with van der Waals surface area (Å²) in [6.45, 7) is 10.3. The highest BCUT2D eigenvalue weighted by Crippen LogP contribution is 2.22. The van der Waals surface area contributed by atoms with Crippen LogP contribution in [0.5, 0.6) is 0 Å². The van der Waals surface area contributed by atoms with Crippen molar-refractivity contribution in [2.45, 2.75) is 104 Å². The smallest absolute Gasteiger partial charge is 0.305 e. The summed E-state index contributed by atoms with van der Waals surface area (Å²) in [7, 11) is 0. The number of hydrogen-bond acceptors (Lipinski definition) is 6. The summed E-state index contributed by atoms with van der Waals surface area (Å²) < 4.78 is 5.33. The molecule has 0 spiro atoms. The van der Waals surface area contributed by atoms with Gasteiger partial charge in [0.25, 0.3) is 0 Å². The lowest BCUT2D eigenvalue weighted by atomic mass is 9.87. The molecule has 238 valence electrons. The highest BCUT2D eigenvalue weighted by molar-refractivity contribution is 7.99. The van der Waals surface area contributed by atoms with Gasteiger partial charge < -0.3 is 20.5 Å². The van der Waals surface area contributed by atoms with Gasteiger partial charge in [0.05, 0.1) is 6.61 Å². The Balaban J connectivity index is 3.99. The second-order valence-corrected chi connectivity index (χ2v) is 12.6. The lowest BCUT2D eigenvalue weighted by molar-refractivity contribution is -0.153. The third-order valence-electron chi connectivity index (χ3n) is 6.03. The summed E-state index contributed by atoms with van der Waals surface area (Å²) in [5, 5.41) is 16.4. The number of nitrogens with one attached hydrogen (secondary N) is 2. The molecular formula is C34H56N2O5S. The van der Waals surface area contributed by atoms with Crippen molar-refractivity contribution in [3.05, 3.63) is 60.8 Å². The lowest BCUT2D eigenvalue weighted by Crippen LogP contribution is -2.47. The molecule has 0 fully saturated rings. The molecule has 7 nitrogen and oxygen atoms in total. The molecule has 0 aromatic rings. The standard InChI is InChI=1S/C34H56N2O5S/c1-6-7-8-9-10-11-12-13-14-15-16-17-18-19-20-21-22-23-31(38)41-28-34(4,5)32(39)33(40)36-25-24-30(37)35-26-27-42-29(2)3/h7-8,10-11,13-14,16-17,19-20,29,32,39H,6,9,12,15,18,21-28H2,1-5H3,(H,35,37)(H,36,40)/b8-7-,11-10-,14-13-,17-16-,20-19-/t32-/m0/s1. The molecule has 0 heterocycles. The summed E-state index contributed by atoms with van der Waals surface area (Å²) in [5.74, 6) is -0.245. The molecule has 0 unspecified atom stereocenters. The Morgan fingerprint density at radius 2 is 1.36 bits per heavy atom. The molecule has 0 aliphatic carbocycles. The van der Waals surface area contributed by atoms with Gasteiger partial charge in [-0.3, -0.25) is 14.4 Å². The zero-order valence-electron chi connectivity index (χ0n) is 26.6. The van der Waals surface area contributed by atoms with Gasteiger partial charge in [-0.15, -0.1) is 0 Å². The van der Waals surface area contributed by atoms with E-state index in [2.05, 4.69) is 92.2 Å². The minimum absolute atomic E-state index is 0.0733. The summed E-state index contributed by atoms with van der Waals surface area (Å²) in [4.78, 5) is 36.3. The zero-order chi connectivity index (χ0) is 31.5. The van der Waals surface area contributed by atoms with Crippen molar-refractivity contribution < 1.29 is 24.2 Å². The molecule has 0 saturated heterocycles. The molecule has 8 heteroatoms. The number of hydrogen-bond donors (Lipinski definition) is 3. The number of amides is 2. The van der Waals surface area contributed by atoms with Gasteiger partial charge in [-0.1, -0.05) is 95.4 Å². The van der Waals surface area contributed by atoms with Crippen LogP contribution in [0.4, 0.5) is 0 Å². The zero-order valence-corrected chi connectivity index (χ0v) is 27.4. The van der Waals surface area contributed by atoms with Crippen LogP contribution >= 0.6 is 11.8 Å². The Kier molecular flexibility index (Phi) is 24.5. The van der Waals surface area contributed by atoms with Crippen molar-refractivity contribution in [3.8, 4) is 0 Å². The highest BCUT2D eigenvalue weighted by Gasteiger charge is 2.34. The van der Waals surface area contributed by atoms with Crippen LogP contribution in [0.25, 0.3) is 0 Å². The maximum atomic E-state index is 12.3. The van der Waals surface area contributed by atoms with Gasteiger partial charge in [-0.2, -0.15) is 11.8 Å². The van der Waals surface area contributed by atoms with Gasteiger partial charge in [-0.25, -0.2) is 0 Å². The quantitative estimate of drug-likeness (QED) is 0.0651. The minimum Gasteiger partial charge on any atom is -0.465 e. The number of carbonyl (C=O) groups is 3. The third-order valence-corrected chi connectivity index (χ3v) is 7.14. The SMILES string of the molecule is CC/C=C\C/C=C\C/C=C\C/C=C\C/C=C\CCCC(=O)OCC(C)(C)[C@@H](O)C(=O)NCCC(=O)NCCSC(C)C. The van der Waals surface area contributed by atoms with E-state index in [9.17, 15) is 19.5 Å². The first-order chi connectivity index (χ1) is 20.1. The summed E-state index contributed by atoms with van der Waals surface area (Å²) in [6, 6.07) is 0. The number of aliphatic hydroxyl groups excluding tert-OH is 1. The van der Waals surface area contributed by atoms with Crippen molar-refractivity contribution in [2.24, 2.45) is 5.41 Å². The second kappa shape index (κ2) is 26.1. The van der Waals surface area contributed by atoms with Gasteiger partial charge in [0.1, 0.15) is 6.10 Å². The molecule has 0 aliphatic rings. The van der Waals surface area contributed by atoms with E-state index in [0.29, 0.717) is 18.2 Å². The van der Waals surface area contributed by atoms with E-state index in [0.717, 1.165) is 44.3 Å². The molecule has 3 N–H and O–H groups in total. The Bertz CT molecular complexity index is 890. The van der Waals surface area contributed by atoms with Gasteiger partial charge in [0.2, 0.25) is 11.8 Å². The largest absolute Gasteiger partial charge is 0.465 e. The first-order valence-corrected chi connectivity index (χ1v) is 16.4. The van der Waals surface area contributed by atoms with E-state index in [-0.39, 0.29) is 37.9 Å². The van der Waals surface area contributed by atoms with Crippen LogP contribution in [0.2, 0.25) is 0 Å². The second-order valence-electron chi connectivity index (χ2n) is 11.0. The van der Waals surface area contributed by atoms with Gasteiger partial charge >= 0.3 is 5.97 Å². The van der Waals surface area contributed by atoms with Crippen molar-refractivity contribution in [3.63, 3.8) is 0 Å². The molecule has 0 aromatic heterocycles. The first-order valence-electron chi connectivity index (χ1n) is 15.3. The molecule has 0 aromatic carbocycles. The van der Waals surface area contributed by atoms with Crippen LogP contribution in [0.1, 0.15) is 92.4 Å². The molecule has 42 heavy (non-hydrogen) atoms. The highest BCUT2D eigenvalue weighted by atomic mass is 32.2. The Morgan fingerprint density at radius 1 is 0.810 bits per heavy atom. The fourth-order valence-electron chi connectivity index (χ4n) is 3.47. The van der Waals surface area contributed by atoms with Crippen LogP contribution < -0.4 is 10.6 Å². The number of aliphatic hydroxyl groups is 1. The van der Waals surface area contributed by atoms with Crippen molar-refractivity contribution in [1.82, 2.24) is 10.6 Å². The van der Waals surface area contributed by atoms with E-state index in [1.807, 2.05) is 0 Å². The summed E-state index contributed by atoms with van der Waals surface area (Å²) in [6.07, 6.45) is 26.8. The molecule has 1 atom stereocenters. The topological polar surface area (TPSA) is 105 Å². The van der Waals surface area contributed by atoms with Crippen LogP contribution in [0, 0.1) is 5.41 Å². The molecule has 0 saturated carbocycles. The van der Waals surface area contributed by atoms with Crippen molar-refractivity contribution >= 4 is 29.5 Å². The maximum absolute atomic E-state index is 12.3. The monoisotopic (exact) mass is 604 g/mol. The Labute approximate surface area is 259 Å². The predicted molar refractivity (Wildman–Crippen MR) is 177 cm³/mol.